The Hall–Kier alpha value is -3.88. The van der Waals surface area contributed by atoms with Crippen molar-refractivity contribution in [3.63, 3.8) is 0 Å². The van der Waals surface area contributed by atoms with Gasteiger partial charge in [0, 0.05) is 37.9 Å². The molecule has 0 atom stereocenters. The van der Waals surface area contributed by atoms with Crippen LogP contribution in [0.2, 0.25) is 0 Å². The van der Waals surface area contributed by atoms with Gasteiger partial charge in [0.15, 0.2) is 11.3 Å². The number of H-pyrrole nitrogens is 2. The molecule has 4 rings (SSSR count). The third kappa shape index (κ3) is 3.70. The van der Waals surface area contributed by atoms with E-state index in [2.05, 4.69) is 9.97 Å². The van der Waals surface area contributed by atoms with E-state index in [4.69, 9.17) is 9.47 Å². The molecule has 1 aliphatic rings. The molecule has 1 aliphatic heterocycles. The van der Waals surface area contributed by atoms with E-state index < -0.39 is 11.7 Å². The molecule has 1 fully saturated rings. The number of benzene rings is 1. The number of pyridine rings is 1. The number of nitrogens with zero attached hydrogens (tertiary/aromatic N) is 2. The maximum absolute atomic E-state index is 13.0. The second-order valence-electron chi connectivity index (χ2n) is 7.12. The van der Waals surface area contributed by atoms with Gasteiger partial charge in [0.1, 0.15) is 0 Å². The summed E-state index contributed by atoms with van der Waals surface area (Å²) >= 11 is 0. The van der Waals surface area contributed by atoms with Crippen molar-refractivity contribution in [3.8, 4) is 11.6 Å². The number of aromatic nitrogens is 2. The van der Waals surface area contributed by atoms with E-state index in [-0.39, 0.29) is 11.5 Å². The Morgan fingerprint density at radius 1 is 0.968 bits per heavy atom. The molecule has 2 aromatic heterocycles. The molecule has 1 aromatic carbocycles. The molecule has 1 saturated heterocycles. The fourth-order valence-corrected chi connectivity index (χ4v) is 3.77. The van der Waals surface area contributed by atoms with Crippen LogP contribution >= 0.6 is 0 Å². The highest BCUT2D eigenvalue weighted by Gasteiger charge is 2.32. The molecule has 3 heterocycles. The first kappa shape index (κ1) is 20.4. The maximum Gasteiger partial charge on any atom is 0.391 e. The van der Waals surface area contributed by atoms with Gasteiger partial charge in [0.25, 0.3) is 17.6 Å². The molecule has 0 aliphatic carbocycles. The normalized spacial score (nSPS) is 13.9. The van der Waals surface area contributed by atoms with Gasteiger partial charge in [-0.2, -0.15) is 4.98 Å². The fraction of sp³-hybridized carbons (Fsp3) is 0.273. The maximum atomic E-state index is 13.0. The Labute approximate surface area is 178 Å². The third-order valence-corrected chi connectivity index (χ3v) is 5.43. The van der Waals surface area contributed by atoms with Crippen molar-refractivity contribution < 1.29 is 28.8 Å². The lowest BCUT2D eigenvalue weighted by Crippen LogP contribution is -2.52. The quantitative estimate of drug-likeness (QED) is 0.490. The summed E-state index contributed by atoms with van der Waals surface area (Å²) < 4.78 is 10.6. The van der Waals surface area contributed by atoms with Crippen molar-refractivity contribution in [2.75, 3.05) is 40.4 Å². The fourth-order valence-electron chi connectivity index (χ4n) is 3.77. The molecular weight excluding hydrogens is 400 g/mol. The first-order chi connectivity index (χ1) is 15.0. The molecule has 0 radical (unpaired) electrons. The highest BCUT2D eigenvalue weighted by Crippen LogP contribution is 2.31. The summed E-state index contributed by atoms with van der Waals surface area (Å²) in [6, 6.07) is 9.01. The number of hydrogen-bond acceptors (Lipinski definition) is 5. The third-order valence-electron chi connectivity index (χ3n) is 5.43. The number of methoxy groups -OCH3 is 2. The summed E-state index contributed by atoms with van der Waals surface area (Å²) in [6.45, 7) is 1.32. The number of ketones is 1. The number of aromatic amines is 2. The number of Topliss-reactive ketones (excluding diaryl/α,β-unsaturated/α-hetero) is 1. The first-order valence-electron chi connectivity index (χ1n) is 9.86. The summed E-state index contributed by atoms with van der Waals surface area (Å²) in [6.07, 6.45) is 3.06. The molecule has 2 amide bonds. The second kappa shape index (κ2) is 8.47. The molecule has 160 valence electrons. The van der Waals surface area contributed by atoms with E-state index in [1.807, 2.05) is 18.2 Å². The Morgan fingerprint density at radius 2 is 1.65 bits per heavy atom. The summed E-state index contributed by atoms with van der Waals surface area (Å²) in [7, 11) is 2.99. The van der Waals surface area contributed by atoms with Gasteiger partial charge in [-0.15, -0.1) is 0 Å². The molecule has 0 saturated carbocycles. The zero-order valence-electron chi connectivity index (χ0n) is 17.3. The lowest BCUT2D eigenvalue weighted by Gasteiger charge is -2.34. The average molecular weight is 423 g/mol. The van der Waals surface area contributed by atoms with Gasteiger partial charge in [0.05, 0.1) is 25.2 Å². The van der Waals surface area contributed by atoms with Crippen LogP contribution in [0, 0.1) is 0 Å². The van der Waals surface area contributed by atoms with Gasteiger partial charge in [-0.05, 0) is 12.1 Å². The van der Waals surface area contributed by atoms with Crippen molar-refractivity contribution in [3.05, 3.63) is 53.9 Å². The number of carbonyl (C=O) groups excluding carboxylic acids is 3. The molecule has 0 bridgehead atoms. The number of piperazine rings is 1. The van der Waals surface area contributed by atoms with Crippen molar-refractivity contribution in [2.24, 2.45) is 0 Å². The number of amides is 2. The minimum Gasteiger partial charge on any atom is -0.490 e. The van der Waals surface area contributed by atoms with Crippen LogP contribution < -0.4 is 14.5 Å². The van der Waals surface area contributed by atoms with E-state index in [1.165, 1.54) is 25.3 Å². The standard InChI is InChI=1S/C22H22N4O5/c1-30-16-13-24-20(31-2)18-17(16)15(12-23-18)19(27)22(29)26-10-8-25(9-11-26)21(28)14-6-4-3-5-7-14/h3-7,12-13,23H,8-11H2,1-2H3/p+1. The minimum absolute atomic E-state index is 0.0799. The van der Waals surface area contributed by atoms with Crippen molar-refractivity contribution in [1.82, 2.24) is 14.8 Å². The molecule has 2 N–H and O–H groups in total. The van der Waals surface area contributed by atoms with Gasteiger partial charge >= 0.3 is 5.88 Å². The van der Waals surface area contributed by atoms with Crippen molar-refractivity contribution in [1.29, 1.82) is 0 Å². The Balaban J connectivity index is 1.50. The molecule has 0 unspecified atom stereocenters. The van der Waals surface area contributed by atoms with E-state index in [1.54, 1.807) is 23.2 Å². The lowest BCUT2D eigenvalue weighted by atomic mass is 10.1. The summed E-state index contributed by atoms with van der Waals surface area (Å²) in [5.74, 6) is -0.479. The molecule has 9 heteroatoms. The molecule has 0 spiro atoms. The van der Waals surface area contributed by atoms with Crippen LogP contribution in [-0.4, -0.2) is 72.8 Å². The van der Waals surface area contributed by atoms with E-state index >= 15 is 0 Å². The van der Waals surface area contributed by atoms with Gasteiger partial charge in [-0.1, -0.05) is 18.2 Å². The van der Waals surface area contributed by atoms with Crippen molar-refractivity contribution >= 4 is 28.5 Å². The Morgan fingerprint density at radius 3 is 2.29 bits per heavy atom. The molecular formula is C22H23N4O5+. The Kier molecular flexibility index (Phi) is 5.57. The lowest BCUT2D eigenvalue weighted by molar-refractivity contribution is -0.391. The predicted molar refractivity (Wildman–Crippen MR) is 111 cm³/mol. The van der Waals surface area contributed by atoms with Gasteiger partial charge in [0.2, 0.25) is 6.20 Å². The average Bonchev–Trinajstić information content (AvgIpc) is 3.28. The molecule has 9 nitrogen and oxygen atoms in total. The van der Waals surface area contributed by atoms with E-state index in [0.29, 0.717) is 54.3 Å². The zero-order valence-corrected chi connectivity index (χ0v) is 17.3. The van der Waals surface area contributed by atoms with Gasteiger partial charge < -0.3 is 24.3 Å². The summed E-state index contributed by atoms with van der Waals surface area (Å²) in [4.78, 5) is 47.6. The highest BCUT2D eigenvalue weighted by atomic mass is 16.5. The van der Waals surface area contributed by atoms with Gasteiger partial charge in [-0.25, -0.2) is 0 Å². The number of ether oxygens (including phenoxy) is 2. The zero-order chi connectivity index (χ0) is 22.0. The number of carbonyl (C=O) groups is 3. The van der Waals surface area contributed by atoms with Gasteiger partial charge in [-0.3, -0.25) is 14.4 Å². The highest BCUT2D eigenvalue weighted by molar-refractivity contribution is 6.45. The SMILES string of the molecule is COc1[nH+]cc(OC)c2c(C(=O)C(=O)N3CCN(C(=O)c4ccccc4)CC3)c[nH]c12. The van der Waals surface area contributed by atoms with Crippen LogP contribution in [0.1, 0.15) is 20.7 Å². The monoisotopic (exact) mass is 423 g/mol. The number of fused-ring (bicyclic) bond motifs is 1. The number of rotatable bonds is 5. The van der Waals surface area contributed by atoms with Crippen LogP contribution in [0.5, 0.6) is 11.6 Å². The predicted octanol–water partition coefficient (Wildman–Crippen LogP) is 1.17. The molecule has 3 aromatic rings. The number of nitrogens with one attached hydrogen (secondary N) is 2. The van der Waals surface area contributed by atoms with Crippen LogP contribution in [0.15, 0.2) is 42.7 Å². The second-order valence-corrected chi connectivity index (χ2v) is 7.12. The van der Waals surface area contributed by atoms with Crippen LogP contribution in [0.4, 0.5) is 0 Å². The largest absolute Gasteiger partial charge is 0.490 e. The van der Waals surface area contributed by atoms with Crippen molar-refractivity contribution in [2.45, 2.75) is 0 Å². The Bertz CT molecular complexity index is 1130. The topological polar surface area (TPSA) is 106 Å². The van der Waals surface area contributed by atoms with Crippen LogP contribution in [0.3, 0.4) is 0 Å². The first-order valence-corrected chi connectivity index (χ1v) is 9.86. The number of hydrogen-bond donors (Lipinski definition) is 1. The van der Waals surface area contributed by atoms with Crippen LogP contribution in [0.25, 0.3) is 10.9 Å². The van der Waals surface area contributed by atoms with E-state index in [9.17, 15) is 14.4 Å². The van der Waals surface area contributed by atoms with Crippen LogP contribution in [-0.2, 0) is 4.79 Å². The molecule has 31 heavy (non-hydrogen) atoms. The summed E-state index contributed by atoms with van der Waals surface area (Å²) in [5.41, 5.74) is 1.36. The smallest absolute Gasteiger partial charge is 0.391 e. The minimum atomic E-state index is -0.638. The summed E-state index contributed by atoms with van der Waals surface area (Å²) in [5, 5.41) is 0.481. The van der Waals surface area contributed by atoms with E-state index in [0.717, 1.165) is 0 Å².